The number of aromatic nitrogens is 3. The third-order valence-electron chi connectivity index (χ3n) is 6.10. The highest BCUT2D eigenvalue weighted by Gasteiger charge is 2.14. The van der Waals surface area contributed by atoms with Crippen molar-refractivity contribution in [3.8, 4) is 0 Å². The van der Waals surface area contributed by atoms with Gasteiger partial charge in [0.15, 0.2) is 0 Å². The fourth-order valence-corrected chi connectivity index (χ4v) is 4.80. The van der Waals surface area contributed by atoms with E-state index in [1.165, 1.54) is 43.1 Å². The van der Waals surface area contributed by atoms with Gasteiger partial charge in [0.05, 0.1) is 5.52 Å². The first-order chi connectivity index (χ1) is 14.4. The van der Waals surface area contributed by atoms with Gasteiger partial charge in [-0.15, -0.1) is 0 Å². The van der Waals surface area contributed by atoms with Gasteiger partial charge in [-0.05, 0) is 55.9 Å². The van der Waals surface area contributed by atoms with E-state index >= 15 is 0 Å². The summed E-state index contributed by atoms with van der Waals surface area (Å²) in [6.45, 7) is 0. The molecule has 0 aliphatic heterocycles. The molecule has 7 aromatic rings. The first-order valence-electron chi connectivity index (χ1n) is 9.76. The molecule has 0 aliphatic rings. The van der Waals surface area contributed by atoms with Gasteiger partial charge < -0.3 is 4.98 Å². The van der Waals surface area contributed by atoms with Crippen LogP contribution in [0, 0.1) is 0 Å². The van der Waals surface area contributed by atoms with Crippen LogP contribution < -0.4 is 0 Å². The van der Waals surface area contributed by atoms with Crippen molar-refractivity contribution in [1.82, 2.24) is 15.0 Å². The Morgan fingerprint density at radius 3 is 2.31 bits per heavy atom. The first kappa shape index (κ1) is 15.0. The molecular formula is C26H15N3. The van der Waals surface area contributed by atoms with Crippen LogP contribution in [0.3, 0.4) is 0 Å². The summed E-state index contributed by atoms with van der Waals surface area (Å²) in [5.74, 6) is 0. The number of hydrogen-bond acceptors (Lipinski definition) is 2. The van der Waals surface area contributed by atoms with Gasteiger partial charge in [0.2, 0.25) is 0 Å². The smallest absolute Gasteiger partial charge is 0.117 e. The zero-order chi connectivity index (χ0) is 18.9. The maximum atomic E-state index is 4.62. The summed E-state index contributed by atoms with van der Waals surface area (Å²) < 4.78 is 0. The maximum absolute atomic E-state index is 4.62. The summed E-state index contributed by atoms with van der Waals surface area (Å²) in [4.78, 5) is 12.5. The molecule has 2 aromatic heterocycles. The summed E-state index contributed by atoms with van der Waals surface area (Å²) in [5, 5.41) is 11.1. The predicted molar refractivity (Wildman–Crippen MR) is 121 cm³/mol. The third-order valence-corrected chi connectivity index (χ3v) is 6.10. The van der Waals surface area contributed by atoms with Gasteiger partial charge in [-0.2, -0.15) is 0 Å². The Bertz CT molecular complexity index is 1760. The number of H-pyrrole nitrogens is 1. The molecule has 0 unspecified atom stereocenters. The Kier molecular flexibility index (Phi) is 2.74. The molecule has 0 atom stereocenters. The topological polar surface area (TPSA) is 41.6 Å². The van der Waals surface area contributed by atoms with Gasteiger partial charge in [0, 0.05) is 17.0 Å². The average molecular weight is 369 g/mol. The number of fused-ring (bicyclic) bond motifs is 11. The Balaban J connectivity index is 1.80. The Labute approximate surface area is 165 Å². The zero-order valence-corrected chi connectivity index (χ0v) is 15.5. The Morgan fingerprint density at radius 2 is 1.34 bits per heavy atom. The second-order valence-electron chi connectivity index (χ2n) is 7.60. The number of benzene rings is 5. The zero-order valence-electron chi connectivity index (χ0n) is 15.5. The lowest BCUT2D eigenvalue weighted by atomic mass is 9.93. The number of imidazole rings is 1. The molecule has 3 heteroatoms. The number of aromatic amines is 1. The van der Waals surface area contributed by atoms with E-state index in [1.807, 2.05) is 12.3 Å². The molecule has 29 heavy (non-hydrogen) atoms. The maximum Gasteiger partial charge on any atom is 0.117 e. The van der Waals surface area contributed by atoms with Gasteiger partial charge in [0.25, 0.3) is 0 Å². The summed E-state index contributed by atoms with van der Waals surface area (Å²) in [5.41, 5.74) is 2.92. The molecule has 2 heterocycles. The minimum Gasteiger partial charge on any atom is -0.359 e. The summed E-state index contributed by atoms with van der Waals surface area (Å²) in [6, 6.07) is 26.3. The van der Waals surface area contributed by atoms with Gasteiger partial charge in [0.1, 0.15) is 17.4 Å². The van der Waals surface area contributed by atoms with Crippen LogP contribution in [0.5, 0.6) is 0 Å². The highest BCUT2D eigenvalue weighted by molar-refractivity contribution is 6.28. The molecule has 5 aromatic carbocycles. The van der Waals surface area contributed by atoms with E-state index in [9.17, 15) is 0 Å². The molecule has 134 valence electrons. The number of nitrogens with zero attached hydrogens (tertiary/aromatic N) is 2. The van der Waals surface area contributed by atoms with E-state index in [1.54, 1.807) is 6.33 Å². The van der Waals surface area contributed by atoms with Crippen molar-refractivity contribution in [3.05, 3.63) is 85.3 Å². The molecule has 0 aliphatic carbocycles. The van der Waals surface area contributed by atoms with E-state index in [-0.39, 0.29) is 0 Å². The standard InChI is InChI=1S/C26H15N3/c1-2-5-18-15(4-1)7-8-16-9-10-17-12-21-19-6-3-11-27-24(19)26-25(28-14-29-26)22(21)13-20(17)23(16)18/h1-14,27H. The van der Waals surface area contributed by atoms with Crippen molar-refractivity contribution < 1.29 is 0 Å². The van der Waals surface area contributed by atoms with Crippen molar-refractivity contribution in [3.63, 3.8) is 0 Å². The summed E-state index contributed by atoms with van der Waals surface area (Å²) in [6.07, 6.45) is 3.61. The number of pyridine rings is 1. The number of rotatable bonds is 0. The molecule has 0 amide bonds. The lowest BCUT2D eigenvalue weighted by Crippen LogP contribution is -1.87. The van der Waals surface area contributed by atoms with Crippen LogP contribution in [0.25, 0.3) is 65.0 Å². The predicted octanol–water partition coefficient (Wildman–Crippen LogP) is 6.72. The molecule has 3 nitrogen and oxygen atoms in total. The number of hydrogen-bond donors (Lipinski definition) is 1. The van der Waals surface area contributed by atoms with E-state index in [0.29, 0.717) is 0 Å². The van der Waals surface area contributed by atoms with E-state index in [4.69, 9.17) is 0 Å². The lowest BCUT2D eigenvalue weighted by Gasteiger charge is -2.11. The van der Waals surface area contributed by atoms with Crippen molar-refractivity contribution in [1.29, 1.82) is 0 Å². The second-order valence-corrected chi connectivity index (χ2v) is 7.60. The minimum absolute atomic E-state index is 0.928. The fraction of sp³-hybridized carbons (Fsp3) is 0. The molecule has 0 spiro atoms. The molecule has 0 fully saturated rings. The fourth-order valence-electron chi connectivity index (χ4n) is 4.80. The largest absolute Gasteiger partial charge is 0.359 e. The van der Waals surface area contributed by atoms with Crippen molar-refractivity contribution in [2.75, 3.05) is 0 Å². The van der Waals surface area contributed by atoms with Crippen LogP contribution in [0.1, 0.15) is 0 Å². The van der Waals surface area contributed by atoms with Gasteiger partial charge in [-0.3, -0.25) is 0 Å². The summed E-state index contributed by atoms with van der Waals surface area (Å²) in [7, 11) is 0. The average Bonchev–Trinajstić information content (AvgIpc) is 3.28. The van der Waals surface area contributed by atoms with Crippen molar-refractivity contribution >= 4 is 65.0 Å². The van der Waals surface area contributed by atoms with Crippen LogP contribution in [-0.4, -0.2) is 15.0 Å². The molecular weight excluding hydrogens is 354 g/mol. The molecule has 0 bridgehead atoms. The van der Waals surface area contributed by atoms with Crippen LogP contribution in [0.4, 0.5) is 0 Å². The van der Waals surface area contributed by atoms with Gasteiger partial charge >= 0.3 is 0 Å². The lowest BCUT2D eigenvalue weighted by molar-refractivity contribution is 1.34. The second kappa shape index (κ2) is 5.30. The monoisotopic (exact) mass is 369 g/mol. The normalized spacial score (nSPS) is 12.1. The minimum atomic E-state index is 0.928. The van der Waals surface area contributed by atoms with Crippen LogP contribution in [0.15, 0.2) is 85.3 Å². The Hall–Kier alpha value is -3.98. The van der Waals surface area contributed by atoms with Crippen LogP contribution in [0.2, 0.25) is 0 Å². The van der Waals surface area contributed by atoms with Crippen LogP contribution in [-0.2, 0) is 0 Å². The van der Waals surface area contributed by atoms with E-state index in [2.05, 4.69) is 81.7 Å². The molecule has 0 saturated heterocycles. The van der Waals surface area contributed by atoms with Crippen LogP contribution >= 0.6 is 0 Å². The highest BCUT2D eigenvalue weighted by Crippen LogP contribution is 2.38. The van der Waals surface area contributed by atoms with Crippen molar-refractivity contribution in [2.45, 2.75) is 0 Å². The quantitative estimate of drug-likeness (QED) is 0.238. The van der Waals surface area contributed by atoms with E-state index in [0.717, 1.165) is 21.9 Å². The first-order valence-corrected chi connectivity index (χ1v) is 9.76. The third kappa shape index (κ3) is 1.91. The summed E-state index contributed by atoms with van der Waals surface area (Å²) >= 11 is 0. The highest BCUT2D eigenvalue weighted by atomic mass is 14.9. The van der Waals surface area contributed by atoms with Gasteiger partial charge in [-0.1, -0.05) is 54.6 Å². The Morgan fingerprint density at radius 1 is 0.552 bits per heavy atom. The van der Waals surface area contributed by atoms with Gasteiger partial charge in [-0.25, -0.2) is 9.97 Å². The molecule has 7 rings (SSSR count). The SMILES string of the molecule is c1ccc2c(c1)ccc1ccc3cc4c(cc3c12)c1ncnc1c1[nH]cccc41. The number of nitrogens with one attached hydrogen (secondary N) is 1. The molecule has 0 saturated carbocycles. The van der Waals surface area contributed by atoms with Crippen molar-refractivity contribution in [2.24, 2.45) is 0 Å². The molecule has 0 radical (unpaired) electrons. The molecule has 1 N–H and O–H groups in total. The van der Waals surface area contributed by atoms with E-state index < -0.39 is 0 Å².